The van der Waals surface area contributed by atoms with E-state index in [1.165, 1.54) is 0 Å². The molecule has 1 saturated carbocycles. The van der Waals surface area contributed by atoms with E-state index in [2.05, 4.69) is 5.32 Å². The van der Waals surface area contributed by atoms with E-state index in [0.717, 1.165) is 12.8 Å². The number of nitrogens with zero attached hydrogens (tertiary/aromatic N) is 1. The zero-order valence-corrected chi connectivity index (χ0v) is 12.1. The van der Waals surface area contributed by atoms with Crippen molar-refractivity contribution in [3.8, 4) is 0 Å². The third kappa shape index (κ3) is 3.27. The quantitative estimate of drug-likeness (QED) is 0.714. The molecule has 1 saturated heterocycles. The molecule has 2 aliphatic rings. The summed E-state index contributed by atoms with van der Waals surface area (Å²) in [7, 11) is -1.27. The van der Waals surface area contributed by atoms with E-state index in [1.54, 1.807) is 7.05 Å². The van der Waals surface area contributed by atoms with E-state index in [4.69, 9.17) is 0 Å². The van der Waals surface area contributed by atoms with Crippen LogP contribution in [-0.4, -0.2) is 68.1 Å². The normalized spacial score (nSPS) is 27.4. The molecule has 1 unspecified atom stereocenters. The first-order valence-electron chi connectivity index (χ1n) is 6.75. The number of carboxylic acids is 1. The Balaban J connectivity index is 2.07. The number of rotatable bonds is 5. The Labute approximate surface area is 114 Å². The molecule has 1 atom stereocenters. The Morgan fingerprint density at radius 2 is 2.05 bits per heavy atom. The molecule has 2 fully saturated rings. The van der Waals surface area contributed by atoms with Gasteiger partial charge in [-0.15, -0.1) is 0 Å². The summed E-state index contributed by atoms with van der Waals surface area (Å²) in [6.45, 7) is 1.48. The van der Waals surface area contributed by atoms with Gasteiger partial charge in [-0.05, 0) is 38.8 Å². The Kier molecular flexibility index (Phi) is 4.17. The average molecular weight is 290 g/mol. The lowest BCUT2D eigenvalue weighted by Gasteiger charge is -2.34. The molecule has 1 heterocycles. The van der Waals surface area contributed by atoms with Gasteiger partial charge in [0.15, 0.2) is 9.84 Å². The zero-order chi connectivity index (χ0) is 14.1. The van der Waals surface area contributed by atoms with E-state index in [0.29, 0.717) is 26.1 Å². The molecule has 0 aromatic heterocycles. The molecule has 2 rings (SSSR count). The molecule has 2 N–H and O–H groups in total. The van der Waals surface area contributed by atoms with Crippen LogP contribution in [0.2, 0.25) is 0 Å². The summed E-state index contributed by atoms with van der Waals surface area (Å²) in [4.78, 5) is 13.6. The number of hydrogen-bond acceptors (Lipinski definition) is 5. The Bertz CT molecular complexity index is 447. The maximum atomic E-state index is 11.6. The van der Waals surface area contributed by atoms with Crippen LogP contribution in [0.5, 0.6) is 0 Å². The molecular formula is C12H22N2O4S. The number of likely N-dealkylation sites (N-methyl/N-ethyl adjacent to an activating group) is 1. The van der Waals surface area contributed by atoms with Crippen LogP contribution in [0.25, 0.3) is 0 Å². The molecule has 7 heteroatoms. The van der Waals surface area contributed by atoms with Crippen LogP contribution in [0.4, 0.5) is 0 Å². The van der Waals surface area contributed by atoms with Gasteiger partial charge in [0.05, 0.1) is 11.5 Å². The van der Waals surface area contributed by atoms with Crippen molar-refractivity contribution in [3.05, 3.63) is 0 Å². The Morgan fingerprint density at radius 1 is 1.37 bits per heavy atom. The highest BCUT2D eigenvalue weighted by atomic mass is 32.2. The predicted molar refractivity (Wildman–Crippen MR) is 71.9 cm³/mol. The third-order valence-corrected chi connectivity index (χ3v) is 5.94. The highest BCUT2D eigenvalue weighted by molar-refractivity contribution is 7.91. The molecule has 0 aromatic rings. The topological polar surface area (TPSA) is 86.7 Å². The second-order valence-electron chi connectivity index (χ2n) is 5.58. The van der Waals surface area contributed by atoms with Crippen LogP contribution in [0, 0.1) is 5.92 Å². The van der Waals surface area contributed by atoms with Gasteiger partial charge in [0.2, 0.25) is 0 Å². The largest absolute Gasteiger partial charge is 0.480 e. The summed E-state index contributed by atoms with van der Waals surface area (Å²) in [6.07, 6.45) is 2.45. The first-order chi connectivity index (χ1) is 8.89. The highest BCUT2D eigenvalue weighted by Crippen LogP contribution is 2.40. The first-order valence-corrected chi connectivity index (χ1v) is 8.57. The SMILES string of the molecule is CNC(CN1CCCS(=O)(=O)CC1)(C(=O)O)C1CC1. The molecule has 0 spiro atoms. The fourth-order valence-electron chi connectivity index (χ4n) is 2.84. The number of nitrogens with one attached hydrogen (secondary N) is 1. The molecule has 0 aromatic carbocycles. The molecule has 0 radical (unpaired) electrons. The molecule has 0 bridgehead atoms. The molecule has 1 aliphatic heterocycles. The van der Waals surface area contributed by atoms with Crippen LogP contribution in [0.15, 0.2) is 0 Å². The van der Waals surface area contributed by atoms with Gasteiger partial charge in [-0.2, -0.15) is 0 Å². The van der Waals surface area contributed by atoms with Gasteiger partial charge in [-0.1, -0.05) is 0 Å². The summed E-state index contributed by atoms with van der Waals surface area (Å²) >= 11 is 0. The van der Waals surface area contributed by atoms with Crippen molar-refractivity contribution in [3.63, 3.8) is 0 Å². The van der Waals surface area contributed by atoms with Gasteiger partial charge in [0, 0.05) is 13.1 Å². The smallest absolute Gasteiger partial charge is 0.325 e. The molecule has 6 nitrogen and oxygen atoms in total. The van der Waals surface area contributed by atoms with Crippen molar-refractivity contribution in [2.24, 2.45) is 5.92 Å². The second kappa shape index (κ2) is 5.38. The zero-order valence-electron chi connectivity index (χ0n) is 11.3. The van der Waals surface area contributed by atoms with Crippen molar-refractivity contribution < 1.29 is 18.3 Å². The van der Waals surface area contributed by atoms with Gasteiger partial charge in [0.1, 0.15) is 5.54 Å². The minimum Gasteiger partial charge on any atom is -0.480 e. The first kappa shape index (κ1) is 14.7. The maximum absolute atomic E-state index is 11.6. The van der Waals surface area contributed by atoms with Crippen molar-refractivity contribution in [1.29, 1.82) is 0 Å². The van der Waals surface area contributed by atoms with Gasteiger partial charge >= 0.3 is 5.97 Å². The van der Waals surface area contributed by atoms with E-state index in [-0.39, 0.29) is 17.4 Å². The molecule has 110 valence electrons. The molecule has 19 heavy (non-hydrogen) atoms. The van der Waals surface area contributed by atoms with E-state index in [9.17, 15) is 18.3 Å². The number of sulfone groups is 1. The fraction of sp³-hybridized carbons (Fsp3) is 0.917. The summed E-state index contributed by atoms with van der Waals surface area (Å²) in [5.41, 5.74) is -0.923. The van der Waals surface area contributed by atoms with Gasteiger partial charge in [-0.3, -0.25) is 9.69 Å². The minimum atomic E-state index is -2.95. The van der Waals surface area contributed by atoms with Crippen LogP contribution in [0.1, 0.15) is 19.3 Å². The third-order valence-electron chi connectivity index (χ3n) is 4.22. The number of carbonyl (C=O) groups is 1. The summed E-state index contributed by atoms with van der Waals surface area (Å²) in [6, 6.07) is 0. The van der Waals surface area contributed by atoms with Gasteiger partial charge < -0.3 is 10.4 Å². The summed E-state index contributed by atoms with van der Waals surface area (Å²) in [5, 5.41) is 12.5. The molecule has 1 aliphatic carbocycles. The fourth-order valence-corrected chi connectivity index (χ4v) is 4.15. The number of aliphatic carboxylic acids is 1. The van der Waals surface area contributed by atoms with Crippen molar-refractivity contribution >= 4 is 15.8 Å². The lowest BCUT2D eigenvalue weighted by molar-refractivity contribution is -0.146. The lowest BCUT2D eigenvalue weighted by atomic mass is 9.92. The second-order valence-corrected chi connectivity index (χ2v) is 7.89. The van der Waals surface area contributed by atoms with Gasteiger partial charge in [0.25, 0.3) is 0 Å². The van der Waals surface area contributed by atoms with Crippen LogP contribution in [-0.2, 0) is 14.6 Å². The maximum Gasteiger partial charge on any atom is 0.325 e. The van der Waals surface area contributed by atoms with E-state index < -0.39 is 21.3 Å². The highest BCUT2D eigenvalue weighted by Gasteiger charge is 2.51. The van der Waals surface area contributed by atoms with Crippen molar-refractivity contribution in [2.75, 3.05) is 38.2 Å². The summed E-state index contributed by atoms with van der Waals surface area (Å²) < 4.78 is 23.1. The van der Waals surface area contributed by atoms with E-state index in [1.807, 2.05) is 4.90 Å². The van der Waals surface area contributed by atoms with Crippen molar-refractivity contribution in [2.45, 2.75) is 24.8 Å². The molecule has 0 amide bonds. The minimum absolute atomic E-state index is 0.136. The van der Waals surface area contributed by atoms with Crippen molar-refractivity contribution in [1.82, 2.24) is 10.2 Å². The van der Waals surface area contributed by atoms with E-state index >= 15 is 0 Å². The number of hydrogen-bond donors (Lipinski definition) is 2. The standard InChI is InChI=1S/C12H22N2O4S/c1-13-12(11(15)16,10-3-4-10)9-14-5-2-7-19(17,18)8-6-14/h10,13H,2-9H2,1H3,(H,15,16). The van der Waals surface area contributed by atoms with Crippen LogP contribution in [0.3, 0.4) is 0 Å². The molecular weight excluding hydrogens is 268 g/mol. The van der Waals surface area contributed by atoms with Crippen LogP contribution >= 0.6 is 0 Å². The number of carboxylic acid groups (broad SMARTS) is 1. The Morgan fingerprint density at radius 3 is 2.58 bits per heavy atom. The Hall–Kier alpha value is -0.660. The average Bonchev–Trinajstić information content (AvgIpc) is 3.15. The monoisotopic (exact) mass is 290 g/mol. The predicted octanol–water partition coefficient (Wildman–Crippen LogP) is -0.440. The van der Waals surface area contributed by atoms with Crippen LogP contribution < -0.4 is 5.32 Å². The summed E-state index contributed by atoms with van der Waals surface area (Å²) in [5.74, 6) is -0.316. The van der Waals surface area contributed by atoms with Gasteiger partial charge in [-0.25, -0.2) is 8.42 Å². The lowest BCUT2D eigenvalue weighted by Crippen LogP contribution is -2.59.